The van der Waals surface area contributed by atoms with E-state index in [9.17, 15) is 4.79 Å². The number of benzene rings is 1. The molecule has 1 heterocycles. The predicted molar refractivity (Wildman–Crippen MR) is 83.7 cm³/mol. The summed E-state index contributed by atoms with van der Waals surface area (Å²) < 4.78 is 11.0. The number of anilines is 1. The molecule has 2 rings (SSSR count). The zero-order valence-corrected chi connectivity index (χ0v) is 13.1. The van der Waals surface area contributed by atoms with Gasteiger partial charge in [0.1, 0.15) is 18.1 Å². The Bertz CT molecular complexity index is 602. The fourth-order valence-electron chi connectivity index (χ4n) is 1.62. The average Bonchev–Trinajstić information content (AvgIpc) is 2.49. The normalized spacial score (nSPS) is 10.2. The third kappa shape index (κ3) is 4.54. The van der Waals surface area contributed by atoms with Gasteiger partial charge in [0.15, 0.2) is 0 Å². The fourth-order valence-corrected chi connectivity index (χ4v) is 2.06. The van der Waals surface area contributed by atoms with Gasteiger partial charge in [-0.2, -0.15) is 0 Å². The van der Waals surface area contributed by atoms with E-state index in [1.807, 2.05) is 0 Å². The number of nitrogens with one attached hydrogen (secondary N) is 1. The highest BCUT2D eigenvalue weighted by atomic mass is 79.9. The maximum absolute atomic E-state index is 12.1. The highest BCUT2D eigenvalue weighted by Crippen LogP contribution is 2.18. The molecule has 0 atom stereocenters. The quantitative estimate of drug-likeness (QED) is 0.813. The minimum absolute atomic E-state index is 0.268. The number of methoxy groups -OCH3 is 1. The SMILES string of the molecule is COCCOc1ccc(NC(=O)c2ncccc2Br)cc1. The summed E-state index contributed by atoms with van der Waals surface area (Å²) in [5, 5.41) is 2.78. The molecule has 0 aliphatic carbocycles. The van der Waals surface area contributed by atoms with Crippen molar-refractivity contribution < 1.29 is 14.3 Å². The van der Waals surface area contributed by atoms with Crippen LogP contribution in [0.2, 0.25) is 0 Å². The molecule has 5 nitrogen and oxygen atoms in total. The summed E-state index contributed by atoms with van der Waals surface area (Å²) >= 11 is 3.30. The highest BCUT2D eigenvalue weighted by Gasteiger charge is 2.11. The molecular weight excluding hydrogens is 336 g/mol. The molecule has 2 aromatic rings. The van der Waals surface area contributed by atoms with Crippen LogP contribution in [0.3, 0.4) is 0 Å². The Morgan fingerprint density at radius 2 is 2.00 bits per heavy atom. The number of pyridine rings is 1. The van der Waals surface area contributed by atoms with Crippen LogP contribution < -0.4 is 10.1 Å². The summed E-state index contributed by atoms with van der Waals surface area (Å²) in [6, 6.07) is 10.7. The molecule has 0 bridgehead atoms. The second-order valence-corrected chi connectivity index (χ2v) is 5.01. The number of aromatic nitrogens is 1. The van der Waals surface area contributed by atoms with Crippen molar-refractivity contribution in [2.45, 2.75) is 0 Å². The molecule has 0 aliphatic rings. The fraction of sp³-hybridized carbons (Fsp3) is 0.200. The van der Waals surface area contributed by atoms with Gasteiger partial charge in [-0.1, -0.05) is 0 Å². The molecule has 1 aromatic carbocycles. The Hall–Kier alpha value is -1.92. The maximum atomic E-state index is 12.1. The smallest absolute Gasteiger partial charge is 0.275 e. The van der Waals surface area contributed by atoms with Crippen molar-refractivity contribution in [2.75, 3.05) is 25.6 Å². The number of amides is 1. The van der Waals surface area contributed by atoms with Gasteiger partial charge in [-0.25, -0.2) is 4.98 Å². The number of hydrogen-bond acceptors (Lipinski definition) is 4. The van der Waals surface area contributed by atoms with Gasteiger partial charge in [0, 0.05) is 23.5 Å². The number of hydrogen-bond donors (Lipinski definition) is 1. The van der Waals surface area contributed by atoms with Crippen molar-refractivity contribution in [3.05, 3.63) is 52.8 Å². The average molecular weight is 351 g/mol. The number of nitrogens with zero attached hydrogens (tertiary/aromatic N) is 1. The van der Waals surface area contributed by atoms with Gasteiger partial charge >= 0.3 is 0 Å². The molecule has 110 valence electrons. The van der Waals surface area contributed by atoms with E-state index in [2.05, 4.69) is 26.2 Å². The molecule has 1 N–H and O–H groups in total. The van der Waals surface area contributed by atoms with E-state index in [0.29, 0.717) is 29.1 Å². The van der Waals surface area contributed by atoms with E-state index in [1.165, 1.54) is 0 Å². The molecule has 0 saturated heterocycles. The summed E-state index contributed by atoms with van der Waals surface area (Å²) in [6.45, 7) is 1.02. The molecule has 1 amide bonds. The van der Waals surface area contributed by atoms with Crippen LogP contribution in [0.1, 0.15) is 10.5 Å². The lowest BCUT2D eigenvalue weighted by molar-refractivity contribution is 0.102. The number of carbonyl (C=O) groups excluding carboxylic acids is 1. The molecule has 0 aliphatic heterocycles. The molecule has 0 spiro atoms. The van der Waals surface area contributed by atoms with E-state index in [1.54, 1.807) is 49.7 Å². The maximum Gasteiger partial charge on any atom is 0.275 e. The van der Waals surface area contributed by atoms with Crippen LogP contribution >= 0.6 is 15.9 Å². The highest BCUT2D eigenvalue weighted by molar-refractivity contribution is 9.10. The lowest BCUT2D eigenvalue weighted by Crippen LogP contribution is -2.14. The number of rotatable bonds is 6. The Balaban J connectivity index is 1.97. The van der Waals surface area contributed by atoms with Crippen molar-refractivity contribution in [3.63, 3.8) is 0 Å². The Labute approximate surface area is 131 Å². The summed E-state index contributed by atoms with van der Waals surface area (Å²) in [6.07, 6.45) is 1.58. The summed E-state index contributed by atoms with van der Waals surface area (Å²) in [5.74, 6) is 0.458. The predicted octanol–water partition coefficient (Wildman–Crippen LogP) is 3.12. The van der Waals surface area contributed by atoms with Gasteiger partial charge in [-0.05, 0) is 52.3 Å². The first-order chi connectivity index (χ1) is 10.2. The van der Waals surface area contributed by atoms with Gasteiger partial charge in [-0.3, -0.25) is 4.79 Å². The molecule has 0 saturated carbocycles. The van der Waals surface area contributed by atoms with Crippen LogP contribution in [0.4, 0.5) is 5.69 Å². The van der Waals surface area contributed by atoms with Crippen molar-refractivity contribution in [3.8, 4) is 5.75 Å². The number of halogens is 1. The molecule has 0 fully saturated rings. The van der Waals surface area contributed by atoms with Gasteiger partial charge in [-0.15, -0.1) is 0 Å². The Morgan fingerprint density at radius 1 is 1.24 bits per heavy atom. The standard InChI is InChI=1S/C15H15BrN2O3/c1-20-9-10-21-12-6-4-11(5-7-12)18-15(19)14-13(16)3-2-8-17-14/h2-8H,9-10H2,1H3,(H,18,19). The first kappa shape index (κ1) is 15.5. The monoisotopic (exact) mass is 350 g/mol. The lowest BCUT2D eigenvalue weighted by atomic mass is 10.3. The van der Waals surface area contributed by atoms with Crippen LogP contribution in [0.25, 0.3) is 0 Å². The number of carbonyl (C=O) groups is 1. The Morgan fingerprint density at radius 3 is 2.67 bits per heavy atom. The van der Waals surface area contributed by atoms with Crippen molar-refractivity contribution in [1.29, 1.82) is 0 Å². The van der Waals surface area contributed by atoms with Crippen LogP contribution in [-0.2, 0) is 4.74 Å². The van der Waals surface area contributed by atoms with E-state index in [4.69, 9.17) is 9.47 Å². The van der Waals surface area contributed by atoms with Crippen molar-refractivity contribution >= 4 is 27.5 Å². The van der Waals surface area contributed by atoms with E-state index in [0.717, 1.165) is 5.75 Å². The zero-order valence-electron chi connectivity index (χ0n) is 11.5. The summed E-state index contributed by atoms with van der Waals surface area (Å²) in [5.41, 5.74) is 1.02. The lowest BCUT2D eigenvalue weighted by Gasteiger charge is -2.08. The minimum Gasteiger partial charge on any atom is -0.491 e. The minimum atomic E-state index is -0.268. The zero-order chi connectivity index (χ0) is 15.1. The van der Waals surface area contributed by atoms with Gasteiger partial charge in [0.05, 0.1) is 6.61 Å². The van der Waals surface area contributed by atoms with Crippen molar-refractivity contribution in [1.82, 2.24) is 4.98 Å². The van der Waals surface area contributed by atoms with Crippen molar-refractivity contribution in [2.24, 2.45) is 0 Å². The van der Waals surface area contributed by atoms with Gasteiger partial charge in [0.2, 0.25) is 0 Å². The summed E-state index contributed by atoms with van der Waals surface area (Å²) in [4.78, 5) is 16.1. The van der Waals surface area contributed by atoms with E-state index >= 15 is 0 Å². The molecular formula is C15H15BrN2O3. The second kappa shape index (κ2) is 7.75. The van der Waals surface area contributed by atoms with Gasteiger partial charge in [0.25, 0.3) is 5.91 Å². The molecule has 0 unspecified atom stereocenters. The largest absolute Gasteiger partial charge is 0.491 e. The first-order valence-electron chi connectivity index (χ1n) is 6.34. The molecule has 1 aromatic heterocycles. The van der Waals surface area contributed by atoms with E-state index in [-0.39, 0.29) is 5.91 Å². The van der Waals surface area contributed by atoms with Crippen LogP contribution in [-0.4, -0.2) is 31.2 Å². The third-order valence-corrected chi connectivity index (χ3v) is 3.28. The number of ether oxygens (including phenoxy) is 2. The van der Waals surface area contributed by atoms with Gasteiger partial charge < -0.3 is 14.8 Å². The second-order valence-electron chi connectivity index (χ2n) is 4.15. The molecule has 0 radical (unpaired) electrons. The van der Waals surface area contributed by atoms with Crippen LogP contribution in [0, 0.1) is 0 Å². The topological polar surface area (TPSA) is 60.5 Å². The summed E-state index contributed by atoms with van der Waals surface area (Å²) in [7, 11) is 1.62. The van der Waals surface area contributed by atoms with Crippen LogP contribution in [0.15, 0.2) is 47.1 Å². The van der Waals surface area contributed by atoms with E-state index < -0.39 is 0 Å². The third-order valence-electron chi connectivity index (χ3n) is 2.64. The molecule has 21 heavy (non-hydrogen) atoms. The first-order valence-corrected chi connectivity index (χ1v) is 7.13. The Kier molecular flexibility index (Phi) is 5.71. The molecule has 6 heteroatoms. The van der Waals surface area contributed by atoms with Crippen LogP contribution in [0.5, 0.6) is 5.75 Å².